The molecule has 0 aromatic rings. The predicted molar refractivity (Wildman–Crippen MR) is 66.8 cm³/mol. The number of piperidine rings is 1. The highest BCUT2D eigenvalue weighted by atomic mass is 16.5. The third-order valence-electron chi connectivity index (χ3n) is 4.41. The van der Waals surface area contributed by atoms with Crippen molar-refractivity contribution in [1.29, 1.82) is 0 Å². The smallest absolute Gasteiger partial charge is 0.252 e. The lowest BCUT2D eigenvalue weighted by Crippen LogP contribution is -2.53. The minimum Gasteiger partial charge on any atom is -0.369 e. The fourth-order valence-electron chi connectivity index (χ4n) is 2.91. The van der Waals surface area contributed by atoms with E-state index >= 15 is 0 Å². The molecule has 98 valence electrons. The Bertz CT molecular complexity index is 277. The van der Waals surface area contributed by atoms with E-state index in [1.165, 1.54) is 12.8 Å². The maximum atomic E-state index is 12.2. The Morgan fingerprint density at radius 3 is 2.47 bits per heavy atom. The van der Waals surface area contributed by atoms with Crippen molar-refractivity contribution in [1.82, 2.24) is 10.6 Å². The summed E-state index contributed by atoms with van der Waals surface area (Å²) in [6, 6.07) is 1.53. The van der Waals surface area contributed by atoms with Crippen molar-refractivity contribution in [2.75, 3.05) is 7.11 Å². The van der Waals surface area contributed by atoms with E-state index in [2.05, 4.69) is 10.6 Å². The van der Waals surface area contributed by atoms with Gasteiger partial charge in [-0.05, 0) is 39.0 Å². The van der Waals surface area contributed by atoms with E-state index in [0.717, 1.165) is 12.8 Å². The van der Waals surface area contributed by atoms with E-state index in [4.69, 9.17) is 4.74 Å². The lowest BCUT2D eigenvalue weighted by molar-refractivity contribution is -0.142. The average molecular weight is 240 g/mol. The van der Waals surface area contributed by atoms with Crippen LogP contribution in [0, 0.1) is 0 Å². The molecule has 2 aliphatic rings. The number of carbonyl (C=O) groups excluding carboxylic acids is 1. The molecule has 1 amide bonds. The van der Waals surface area contributed by atoms with Crippen molar-refractivity contribution < 1.29 is 9.53 Å². The van der Waals surface area contributed by atoms with Gasteiger partial charge in [-0.3, -0.25) is 4.79 Å². The third-order valence-corrected chi connectivity index (χ3v) is 4.41. The molecule has 17 heavy (non-hydrogen) atoms. The molecule has 3 unspecified atom stereocenters. The van der Waals surface area contributed by atoms with Crippen LogP contribution in [0.25, 0.3) is 0 Å². The molecule has 4 nitrogen and oxygen atoms in total. The number of nitrogens with one attached hydrogen (secondary N) is 2. The average Bonchev–Trinajstić information content (AvgIpc) is 2.67. The molecule has 0 spiro atoms. The van der Waals surface area contributed by atoms with Gasteiger partial charge in [0.05, 0.1) is 0 Å². The number of hydrogen-bond donors (Lipinski definition) is 2. The van der Waals surface area contributed by atoms with Crippen LogP contribution in [0.5, 0.6) is 0 Å². The Morgan fingerprint density at radius 2 is 2.00 bits per heavy atom. The molecule has 0 radical (unpaired) electrons. The normalized spacial score (nSPS) is 35.4. The van der Waals surface area contributed by atoms with E-state index < -0.39 is 5.60 Å². The molecule has 0 aliphatic carbocycles. The highest BCUT2D eigenvalue weighted by Crippen LogP contribution is 2.27. The quantitative estimate of drug-likeness (QED) is 0.776. The third kappa shape index (κ3) is 2.63. The summed E-state index contributed by atoms with van der Waals surface area (Å²) in [6.45, 7) is 3.84. The topological polar surface area (TPSA) is 50.4 Å². The van der Waals surface area contributed by atoms with Gasteiger partial charge in [0, 0.05) is 25.2 Å². The lowest BCUT2D eigenvalue weighted by atomic mass is 9.97. The van der Waals surface area contributed by atoms with Gasteiger partial charge < -0.3 is 15.4 Å². The van der Waals surface area contributed by atoms with Gasteiger partial charge in [-0.25, -0.2) is 0 Å². The van der Waals surface area contributed by atoms with E-state index in [-0.39, 0.29) is 5.91 Å². The van der Waals surface area contributed by atoms with Gasteiger partial charge in [-0.15, -0.1) is 0 Å². The zero-order chi connectivity index (χ0) is 12.5. The molecule has 2 N–H and O–H groups in total. The summed E-state index contributed by atoms with van der Waals surface area (Å²) in [5.74, 6) is 0.0359. The molecule has 0 aromatic heterocycles. The second kappa shape index (κ2) is 4.94. The van der Waals surface area contributed by atoms with Crippen molar-refractivity contribution >= 4 is 5.91 Å². The van der Waals surface area contributed by atoms with Crippen LogP contribution in [0.4, 0.5) is 0 Å². The first-order valence-corrected chi connectivity index (χ1v) is 6.69. The summed E-state index contributed by atoms with van der Waals surface area (Å²) in [5, 5.41) is 6.74. The number of methoxy groups -OCH3 is 1. The van der Waals surface area contributed by atoms with E-state index in [1.54, 1.807) is 7.11 Å². The van der Waals surface area contributed by atoms with Gasteiger partial charge in [0.15, 0.2) is 0 Å². The van der Waals surface area contributed by atoms with Crippen LogP contribution in [0.15, 0.2) is 0 Å². The van der Waals surface area contributed by atoms with Crippen LogP contribution < -0.4 is 10.6 Å². The molecule has 2 heterocycles. The molecule has 3 atom stereocenters. The van der Waals surface area contributed by atoms with Crippen molar-refractivity contribution in [3.05, 3.63) is 0 Å². The van der Waals surface area contributed by atoms with Crippen molar-refractivity contribution in [2.45, 2.75) is 69.7 Å². The standard InChI is InChI=1S/C13H24N2O2/c1-4-13(2,17-3)12(16)15-11-7-9-5-6-10(8-11)14-9/h9-11,14H,4-8H2,1-3H3,(H,15,16). The van der Waals surface area contributed by atoms with E-state index in [0.29, 0.717) is 24.5 Å². The lowest BCUT2D eigenvalue weighted by Gasteiger charge is -2.33. The summed E-state index contributed by atoms with van der Waals surface area (Å²) in [6.07, 6.45) is 5.34. The monoisotopic (exact) mass is 240 g/mol. The molecule has 2 bridgehead atoms. The Morgan fingerprint density at radius 1 is 1.41 bits per heavy atom. The summed E-state index contributed by atoms with van der Waals surface area (Å²) in [4.78, 5) is 12.2. The van der Waals surface area contributed by atoms with Gasteiger partial charge >= 0.3 is 0 Å². The Kier molecular flexibility index (Phi) is 3.73. The predicted octanol–water partition coefficient (Wildman–Crippen LogP) is 1.20. The molecule has 2 fully saturated rings. The van der Waals surface area contributed by atoms with Crippen LogP contribution in [-0.2, 0) is 9.53 Å². The molecule has 0 saturated carbocycles. The van der Waals surface area contributed by atoms with E-state index in [9.17, 15) is 4.79 Å². The Hall–Kier alpha value is -0.610. The van der Waals surface area contributed by atoms with Crippen LogP contribution >= 0.6 is 0 Å². The second-order valence-electron chi connectivity index (χ2n) is 5.57. The van der Waals surface area contributed by atoms with Gasteiger partial charge in [0.25, 0.3) is 5.91 Å². The van der Waals surface area contributed by atoms with E-state index in [1.807, 2.05) is 13.8 Å². The number of hydrogen-bond acceptors (Lipinski definition) is 3. The molecule has 2 aliphatic heterocycles. The number of fused-ring (bicyclic) bond motifs is 2. The van der Waals surface area contributed by atoms with Gasteiger partial charge in [0.1, 0.15) is 5.60 Å². The fraction of sp³-hybridized carbons (Fsp3) is 0.923. The van der Waals surface area contributed by atoms with Crippen molar-refractivity contribution in [3.63, 3.8) is 0 Å². The zero-order valence-electron chi connectivity index (χ0n) is 11.1. The summed E-state index contributed by atoms with van der Waals surface area (Å²) in [5.41, 5.74) is -0.677. The minimum atomic E-state index is -0.677. The molecule has 2 saturated heterocycles. The number of ether oxygens (including phenoxy) is 1. The molecular formula is C13H24N2O2. The Labute approximate surface area is 103 Å². The summed E-state index contributed by atoms with van der Waals surface area (Å²) in [7, 11) is 1.61. The molecular weight excluding hydrogens is 216 g/mol. The molecule has 0 aromatic carbocycles. The van der Waals surface area contributed by atoms with Crippen LogP contribution in [-0.4, -0.2) is 36.7 Å². The van der Waals surface area contributed by atoms with Crippen molar-refractivity contribution in [3.8, 4) is 0 Å². The maximum absolute atomic E-state index is 12.2. The first-order chi connectivity index (χ1) is 8.07. The summed E-state index contributed by atoms with van der Waals surface area (Å²) < 4.78 is 5.33. The van der Waals surface area contributed by atoms with Gasteiger partial charge in [-0.1, -0.05) is 6.92 Å². The van der Waals surface area contributed by atoms with Gasteiger partial charge in [-0.2, -0.15) is 0 Å². The van der Waals surface area contributed by atoms with Gasteiger partial charge in [0.2, 0.25) is 0 Å². The number of carbonyl (C=O) groups is 1. The van der Waals surface area contributed by atoms with Crippen LogP contribution in [0.1, 0.15) is 46.0 Å². The van der Waals surface area contributed by atoms with Crippen molar-refractivity contribution in [2.24, 2.45) is 0 Å². The Balaban J connectivity index is 1.90. The maximum Gasteiger partial charge on any atom is 0.252 e. The SMILES string of the molecule is CCC(C)(OC)C(=O)NC1CC2CCC(C1)N2. The molecule has 2 rings (SSSR count). The largest absolute Gasteiger partial charge is 0.369 e. The zero-order valence-corrected chi connectivity index (χ0v) is 11.1. The van der Waals surface area contributed by atoms with Crippen LogP contribution in [0.3, 0.4) is 0 Å². The highest BCUT2D eigenvalue weighted by molar-refractivity contribution is 5.85. The number of rotatable bonds is 4. The second-order valence-corrected chi connectivity index (χ2v) is 5.57. The number of amides is 1. The first kappa shape index (κ1) is 12.8. The minimum absolute atomic E-state index is 0.0359. The molecule has 4 heteroatoms. The highest BCUT2D eigenvalue weighted by Gasteiger charge is 2.37. The summed E-state index contributed by atoms with van der Waals surface area (Å²) >= 11 is 0. The van der Waals surface area contributed by atoms with Crippen LogP contribution in [0.2, 0.25) is 0 Å². The fourth-order valence-corrected chi connectivity index (χ4v) is 2.91. The first-order valence-electron chi connectivity index (χ1n) is 6.69.